The SMILES string of the molecule is O=C(O)CCC(=O)OC(C(=O)O)C(OC(=O)C(OC(=O)CCC(=O)O)C(OC(=O)CCC(=O)O)C(=O)O)C(=O)O. The lowest BCUT2D eigenvalue weighted by atomic mass is 10.1. The predicted octanol–water partition coefficient (Wildman–Crippen LogP) is -2.52. The highest BCUT2D eigenvalue weighted by atomic mass is 16.6. The zero-order chi connectivity index (χ0) is 31.2. The van der Waals surface area contributed by atoms with Crippen molar-refractivity contribution in [1.82, 2.24) is 0 Å². The largest absolute Gasteiger partial charge is 0.481 e. The average molecular weight is 582 g/mol. The summed E-state index contributed by atoms with van der Waals surface area (Å²) in [6.07, 6.45) is -17.2. The van der Waals surface area contributed by atoms with E-state index in [1.165, 1.54) is 0 Å². The number of carboxylic acid groups (broad SMARTS) is 6. The number of carbonyl (C=O) groups excluding carboxylic acids is 4. The smallest absolute Gasteiger partial charge is 0.353 e. The maximum atomic E-state index is 12.7. The Morgan fingerprint density at radius 2 is 0.625 bits per heavy atom. The molecule has 0 aromatic rings. The molecule has 0 aliphatic rings. The summed E-state index contributed by atoms with van der Waals surface area (Å²) in [7, 11) is 0. The standard InChI is InChI=1S/C20H22O20/c21-7(22)1-4-10(27)37-13(17(30)31)14(18(32)33)40-20(36)16(39-12(29)6-3-9(25)26)15(19(34)35)38-11(28)5-2-8(23)24/h13-16H,1-6H2,(H,21,22)(H,23,24)(H,25,26)(H,30,31)(H,32,33)(H,34,35). The third kappa shape index (κ3) is 13.3. The highest BCUT2D eigenvalue weighted by molar-refractivity contribution is 5.92. The van der Waals surface area contributed by atoms with E-state index in [-0.39, 0.29) is 0 Å². The topological polar surface area (TPSA) is 329 Å². The first-order valence-corrected chi connectivity index (χ1v) is 10.6. The fourth-order valence-corrected chi connectivity index (χ4v) is 2.38. The number of aliphatic carboxylic acids is 6. The molecular formula is C20H22O20. The molecule has 0 aliphatic carbocycles. The fraction of sp³-hybridized carbons (Fsp3) is 0.500. The normalized spacial score (nSPS) is 13.3. The Balaban J connectivity index is 6.19. The first kappa shape index (κ1) is 34.7. The Hall–Kier alpha value is -5.30. The Morgan fingerprint density at radius 1 is 0.375 bits per heavy atom. The number of carboxylic acids is 6. The van der Waals surface area contributed by atoms with Crippen LogP contribution >= 0.6 is 0 Å². The molecule has 4 unspecified atom stereocenters. The van der Waals surface area contributed by atoms with Crippen LogP contribution in [0.2, 0.25) is 0 Å². The molecule has 0 aliphatic heterocycles. The molecule has 4 atom stereocenters. The van der Waals surface area contributed by atoms with E-state index in [0.717, 1.165) is 0 Å². The molecule has 20 nitrogen and oxygen atoms in total. The van der Waals surface area contributed by atoms with Gasteiger partial charge >= 0.3 is 59.7 Å². The second-order valence-electron chi connectivity index (χ2n) is 7.28. The Bertz CT molecular complexity index is 1040. The van der Waals surface area contributed by atoms with Crippen molar-refractivity contribution in [2.24, 2.45) is 0 Å². The molecular weight excluding hydrogens is 560 g/mol. The maximum Gasteiger partial charge on any atom is 0.353 e. The lowest BCUT2D eigenvalue weighted by molar-refractivity contribution is -0.201. The lowest BCUT2D eigenvalue weighted by Gasteiger charge is -2.26. The van der Waals surface area contributed by atoms with Gasteiger partial charge in [0, 0.05) is 0 Å². The van der Waals surface area contributed by atoms with E-state index in [1.54, 1.807) is 0 Å². The van der Waals surface area contributed by atoms with E-state index < -0.39 is 123 Å². The monoisotopic (exact) mass is 582 g/mol. The quantitative estimate of drug-likeness (QED) is 0.0675. The fourth-order valence-electron chi connectivity index (χ4n) is 2.38. The number of hydrogen-bond donors (Lipinski definition) is 6. The molecule has 6 N–H and O–H groups in total. The van der Waals surface area contributed by atoms with E-state index >= 15 is 0 Å². The molecule has 0 saturated heterocycles. The van der Waals surface area contributed by atoms with Crippen LogP contribution in [0.25, 0.3) is 0 Å². The summed E-state index contributed by atoms with van der Waals surface area (Å²) in [5.41, 5.74) is 0. The predicted molar refractivity (Wildman–Crippen MR) is 113 cm³/mol. The van der Waals surface area contributed by atoms with Gasteiger partial charge in [0.1, 0.15) is 0 Å². The number of rotatable bonds is 19. The molecule has 0 fully saturated rings. The first-order chi connectivity index (χ1) is 18.5. The number of esters is 4. The van der Waals surface area contributed by atoms with Crippen LogP contribution in [0.3, 0.4) is 0 Å². The maximum absolute atomic E-state index is 12.7. The highest BCUT2D eigenvalue weighted by Crippen LogP contribution is 2.16. The van der Waals surface area contributed by atoms with Gasteiger partial charge in [0.15, 0.2) is 0 Å². The third-order valence-corrected chi connectivity index (χ3v) is 4.16. The molecule has 0 radical (unpaired) electrons. The molecule has 0 aromatic carbocycles. The number of ether oxygens (including phenoxy) is 4. The molecule has 0 rings (SSSR count). The minimum atomic E-state index is -2.98. The van der Waals surface area contributed by atoms with Gasteiger partial charge in [-0.1, -0.05) is 0 Å². The van der Waals surface area contributed by atoms with E-state index in [2.05, 4.69) is 18.9 Å². The van der Waals surface area contributed by atoms with E-state index in [0.29, 0.717) is 0 Å². The van der Waals surface area contributed by atoms with Crippen molar-refractivity contribution in [3.05, 3.63) is 0 Å². The summed E-state index contributed by atoms with van der Waals surface area (Å²) in [6.45, 7) is 0. The van der Waals surface area contributed by atoms with Gasteiger partial charge in [0.05, 0.1) is 38.5 Å². The molecule has 20 heteroatoms. The van der Waals surface area contributed by atoms with Gasteiger partial charge in [0.2, 0.25) is 24.4 Å². The van der Waals surface area contributed by atoms with Crippen LogP contribution in [0, 0.1) is 0 Å². The van der Waals surface area contributed by atoms with Gasteiger partial charge in [-0.05, 0) is 0 Å². The minimum absolute atomic E-state index is 0.870. The van der Waals surface area contributed by atoms with Gasteiger partial charge in [-0.25, -0.2) is 19.2 Å². The van der Waals surface area contributed by atoms with Crippen LogP contribution in [0.5, 0.6) is 0 Å². The minimum Gasteiger partial charge on any atom is -0.481 e. The van der Waals surface area contributed by atoms with Crippen molar-refractivity contribution in [2.75, 3.05) is 0 Å². The van der Waals surface area contributed by atoms with Gasteiger partial charge in [-0.3, -0.25) is 28.8 Å². The zero-order valence-corrected chi connectivity index (χ0v) is 20.0. The summed E-state index contributed by atoms with van der Waals surface area (Å²) in [6, 6.07) is 0. The second kappa shape index (κ2) is 16.5. The van der Waals surface area contributed by atoms with E-state index in [9.17, 15) is 63.3 Å². The molecule has 40 heavy (non-hydrogen) atoms. The highest BCUT2D eigenvalue weighted by Gasteiger charge is 2.47. The first-order valence-electron chi connectivity index (χ1n) is 10.6. The summed E-state index contributed by atoms with van der Waals surface area (Å²) >= 11 is 0. The summed E-state index contributed by atoms with van der Waals surface area (Å²) in [5, 5.41) is 53.8. The molecule has 0 bridgehead atoms. The number of hydrogen-bond acceptors (Lipinski definition) is 14. The second-order valence-corrected chi connectivity index (χ2v) is 7.28. The average Bonchev–Trinajstić information content (AvgIpc) is 2.83. The van der Waals surface area contributed by atoms with Crippen LogP contribution in [0.4, 0.5) is 0 Å². The molecule has 0 aromatic heterocycles. The van der Waals surface area contributed by atoms with Crippen molar-refractivity contribution < 1.29 is 97.5 Å². The van der Waals surface area contributed by atoms with Gasteiger partial charge < -0.3 is 49.6 Å². The molecule has 0 saturated carbocycles. The molecule has 0 spiro atoms. The summed E-state index contributed by atoms with van der Waals surface area (Å²) in [5.74, 6) is -18.3. The Labute approximate surface area is 221 Å². The van der Waals surface area contributed by atoms with Crippen molar-refractivity contribution in [3.8, 4) is 0 Å². The van der Waals surface area contributed by atoms with Crippen molar-refractivity contribution in [2.45, 2.75) is 62.9 Å². The van der Waals surface area contributed by atoms with Crippen molar-refractivity contribution in [1.29, 1.82) is 0 Å². The molecule has 0 heterocycles. The van der Waals surface area contributed by atoms with Crippen molar-refractivity contribution in [3.63, 3.8) is 0 Å². The van der Waals surface area contributed by atoms with Gasteiger partial charge in [-0.2, -0.15) is 0 Å². The van der Waals surface area contributed by atoms with Crippen LogP contribution in [-0.2, 0) is 66.9 Å². The van der Waals surface area contributed by atoms with Crippen molar-refractivity contribution >= 4 is 59.7 Å². The summed E-state index contributed by atoms with van der Waals surface area (Å²) in [4.78, 5) is 115. The Morgan fingerprint density at radius 3 is 0.900 bits per heavy atom. The van der Waals surface area contributed by atoms with Crippen LogP contribution in [-0.4, -0.2) is 115 Å². The zero-order valence-electron chi connectivity index (χ0n) is 20.0. The van der Waals surface area contributed by atoms with E-state index in [1.807, 2.05) is 0 Å². The number of carbonyl (C=O) groups is 10. The van der Waals surface area contributed by atoms with Crippen LogP contribution < -0.4 is 0 Å². The molecule has 222 valence electrons. The third-order valence-electron chi connectivity index (χ3n) is 4.16. The van der Waals surface area contributed by atoms with Gasteiger partial charge in [-0.15, -0.1) is 0 Å². The van der Waals surface area contributed by atoms with E-state index in [4.69, 9.17) is 15.3 Å². The van der Waals surface area contributed by atoms with Crippen LogP contribution in [0.1, 0.15) is 38.5 Å². The summed E-state index contributed by atoms with van der Waals surface area (Å²) < 4.78 is 17.7. The Kier molecular flexibility index (Phi) is 14.3. The van der Waals surface area contributed by atoms with Crippen LogP contribution in [0.15, 0.2) is 0 Å². The lowest BCUT2D eigenvalue weighted by Crippen LogP contribution is -2.51. The molecule has 0 amide bonds. The van der Waals surface area contributed by atoms with Gasteiger partial charge in [0.25, 0.3) is 0 Å².